The number of alkyl halides is 1. The number of benzene rings is 2. The summed E-state index contributed by atoms with van der Waals surface area (Å²) < 4.78 is 27.8. The van der Waals surface area contributed by atoms with Crippen LogP contribution in [0.4, 0.5) is 8.78 Å². The van der Waals surface area contributed by atoms with E-state index in [0.717, 1.165) is 50.7 Å². The van der Waals surface area contributed by atoms with Gasteiger partial charge in [-0.1, -0.05) is 56.9 Å². The Kier molecular flexibility index (Phi) is 8.32. The van der Waals surface area contributed by atoms with Crippen LogP contribution in [0.25, 0.3) is 16.6 Å². The van der Waals surface area contributed by atoms with Gasteiger partial charge in [-0.05, 0) is 49.8 Å². The van der Waals surface area contributed by atoms with Gasteiger partial charge in [-0.2, -0.15) is 0 Å². The highest BCUT2D eigenvalue weighted by atomic mass is 35.5. The number of hydrogen-bond acceptors (Lipinski definition) is 3. The van der Waals surface area contributed by atoms with Crippen LogP contribution in [0.15, 0.2) is 48.6 Å². The number of carboxylic acid groups (broad SMARTS) is 1. The van der Waals surface area contributed by atoms with Crippen molar-refractivity contribution in [2.75, 3.05) is 0 Å². The third-order valence-corrected chi connectivity index (χ3v) is 9.22. The van der Waals surface area contributed by atoms with Crippen molar-refractivity contribution in [2.24, 2.45) is 5.92 Å². The van der Waals surface area contributed by atoms with Gasteiger partial charge in [0, 0.05) is 34.7 Å². The van der Waals surface area contributed by atoms with E-state index in [9.17, 15) is 23.5 Å². The molecule has 1 fully saturated rings. The molecule has 2 aliphatic rings. The Hall–Kier alpha value is -3.52. The van der Waals surface area contributed by atoms with E-state index in [2.05, 4.69) is 22.2 Å². The molecule has 216 valence electrons. The zero-order valence-corrected chi connectivity index (χ0v) is 23.9. The van der Waals surface area contributed by atoms with Crippen LogP contribution in [-0.4, -0.2) is 38.4 Å². The van der Waals surface area contributed by atoms with Crippen LogP contribution in [-0.2, 0) is 5.41 Å². The molecule has 1 saturated carbocycles. The van der Waals surface area contributed by atoms with Gasteiger partial charge in [0.1, 0.15) is 5.82 Å². The van der Waals surface area contributed by atoms with Crippen molar-refractivity contribution in [3.8, 4) is 0 Å². The van der Waals surface area contributed by atoms with Gasteiger partial charge in [-0.15, -0.1) is 11.6 Å². The summed E-state index contributed by atoms with van der Waals surface area (Å²) in [6, 6.07) is 6.77. The molecule has 1 amide bonds. The summed E-state index contributed by atoms with van der Waals surface area (Å²) in [4.78, 5) is 33.5. The maximum Gasteiger partial charge on any atom is 0.336 e. The van der Waals surface area contributed by atoms with Gasteiger partial charge < -0.3 is 15.4 Å². The molecule has 1 heterocycles. The van der Waals surface area contributed by atoms with Crippen LogP contribution in [0.5, 0.6) is 0 Å². The van der Waals surface area contributed by atoms with E-state index < -0.39 is 28.4 Å². The minimum absolute atomic E-state index is 0.0475. The number of amides is 1. The number of carbonyl (C=O) groups is 2. The molecule has 0 saturated heterocycles. The fourth-order valence-corrected chi connectivity index (χ4v) is 6.67. The van der Waals surface area contributed by atoms with Crippen molar-refractivity contribution < 1.29 is 23.5 Å². The zero-order chi connectivity index (χ0) is 29.3. The van der Waals surface area contributed by atoms with E-state index >= 15 is 0 Å². The van der Waals surface area contributed by atoms with Gasteiger partial charge in [0.2, 0.25) is 0 Å². The van der Waals surface area contributed by atoms with E-state index in [1.807, 2.05) is 0 Å². The number of imidazole rings is 1. The summed E-state index contributed by atoms with van der Waals surface area (Å²) in [6.45, 7) is 3.90. The minimum Gasteiger partial charge on any atom is -0.478 e. The van der Waals surface area contributed by atoms with Crippen LogP contribution < -0.4 is 5.32 Å². The Bertz CT molecular complexity index is 1500. The predicted octanol–water partition coefficient (Wildman–Crippen LogP) is 7.54. The minimum atomic E-state index is -1.19. The first-order valence-corrected chi connectivity index (χ1v) is 14.6. The summed E-state index contributed by atoms with van der Waals surface area (Å²) >= 11 is 6.86. The van der Waals surface area contributed by atoms with Gasteiger partial charge >= 0.3 is 5.97 Å². The molecule has 2 unspecified atom stereocenters. The van der Waals surface area contributed by atoms with Gasteiger partial charge in [0.25, 0.3) is 5.91 Å². The third kappa shape index (κ3) is 5.54. The highest BCUT2D eigenvalue weighted by Gasteiger charge is 2.43. The van der Waals surface area contributed by atoms with Gasteiger partial charge in [-0.3, -0.25) is 4.79 Å². The second kappa shape index (κ2) is 11.8. The Balaban J connectivity index is 1.52. The lowest BCUT2D eigenvalue weighted by Crippen LogP contribution is -2.41. The summed E-state index contributed by atoms with van der Waals surface area (Å²) in [6.07, 6.45) is 12.8. The molecule has 1 aromatic heterocycles. The lowest BCUT2D eigenvalue weighted by molar-refractivity contribution is 0.0694. The topological polar surface area (TPSA) is 95.1 Å². The number of carboxylic acids is 1. The SMILES string of the molecule is CCCC(NC(=O)c1ccc(C2(C)C(c3nc4cc(F)c(F)cc4[nH]3)=CC=C[C@@H]2Cl)c(C(=O)O)c1)C1CCCCC1. The third-order valence-electron chi connectivity index (χ3n) is 8.64. The average molecular weight is 582 g/mol. The summed E-state index contributed by atoms with van der Waals surface area (Å²) in [5, 5.41) is 12.8. The molecule has 0 bridgehead atoms. The smallest absolute Gasteiger partial charge is 0.336 e. The van der Waals surface area contributed by atoms with Crippen LogP contribution >= 0.6 is 11.6 Å². The number of H-pyrrole nitrogens is 1. The summed E-state index contributed by atoms with van der Waals surface area (Å²) in [5.74, 6) is -2.77. The van der Waals surface area contributed by atoms with Gasteiger partial charge in [0.05, 0.1) is 22.0 Å². The standard InChI is InChI=1S/C32H34ClF2N3O3/c1-3-8-25(18-9-5-4-6-10-18)38-30(39)19-13-14-21(20(15-19)31(40)41)32(2)22(11-7-12-28(32)33)29-36-26-16-23(34)24(35)17-27(26)37-29/h7,11-18,25,28H,3-6,8-10H2,1-2H3,(H,36,37)(H,38,39)(H,40,41)/t25?,28-,32?/m0/s1. The first-order valence-electron chi connectivity index (χ1n) is 14.2. The molecule has 3 aromatic rings. The second-order valence-corrected chi connectivity index (χ2v) is 11.7. The second-order valence-electron chi connectivity index (χ2n) is 11.3. The molecule has 6 nitrogen and oxygen atoms in total. The molecule has 9 heteroatoms. The quantitative estimate of drug-likeness (QED) is 0.240. The summed E-state index contributed by atoms with van der Waals surface area (Å²) in [5.41, 5.74) is 0.594. The first-order chi connectivity index (χ1) is 19.6. The van der Waals surface area contributed by atoms with E-state index in [-0.39, 0.29) is 28.6 Å². The first kappa shape index (κ1) is 29.0. The van der Waals surface area contributed by atoms with Crippen molar-refractivity contribution in [2.45, 2.75) is 75.6 Å². The van der Waals surface area contributed by atoms with Crippen molar-refractivity contribution in [3.63, 3.8) is 0 Å². The number of hydrogen-bond donors (Lipinski definition) is 3. The maximum atomic E-state index is 13.9. The zero-order valence-electron chi connectivity index (χ0n) is 23.1. The largest absolute Gasteiger partial charge is 0.478 e. The molecular weight excluding hydrogens is 548 g/mol. The molecule has 0 spiro atoms. The number of rotatable bonds is 8. The number of aromatic amines is 1. The van der Waals surface area contributed by atoms with Crippen LogP contribution in [0, 0.1) is 17.6 Å². The Morgan fingerprint density at radius 1 is 1.17 bits per heavy atom. The molecule has 3 atom stereocenters. The number of carbonyl (C=O) groups excluding carboxylic acids is 1. The van der Waals surface area contributed by atoms with Crippen LogP contribution in [0.3, 0.4) is 0 Å². The normalized spacial score (nSPS) is 22.0. The maximum absolute atomic E-state index is 13.9. The Morgan fingerprint density at radius 2 is 1.90 bits per heavy atom. The lowest BCUT2D eigenvalue weighted by Gasteiger charge is -2.38. The number of aromatic carboxylic acids is 1. The van der Waals surface area contributed by atoms with Crippen LogP contribution in [0.1, 0.15) is 90.9 Å². The van der Waals surface area contributed by atoms with Gasteiger partial charge in [0.15, 0.2) is 11.6 Å². The Morgan fingerprint density at radius 3 is 2.61 bits per heavy atom. The highest BCUT2D eigenvalue weighted by Crippen LogP contribution is 2.47. The van der Waals surface area contributed by atoms with E-state index in [1.54, 1.807) is 37.3 Å². The highest BCUT2D eigenvalue weighted by molar-refractivity contribution is 6.24. The fourth-order valence-electron chi connectivity index (χ4n) is 6.35. The van der Waals surface area contributed by atoms with Gasteiger partial charge in [-0.25, -0.2) is 18.6 Å². The summed E-state index contributed by atoms with van der Waals surface area (Å²) in [7, 11) is 0. The molecule has 3 N–H and O–H groups in total. The molecule has 0 aliphatic heterocycles. The molecule has 0 radical (unpaired) electrons. The number of halogens is 3. The van der Waals surface area contributed by atoms with Crippen molar-refractivity contribution in [3.05, 3.63) is 82.7 Å². The van der Waals surface area contributed by atoms with E-state index in [1.165, 1.54) is 12.5 Å². The molecule has 2 aliphatic carbocycles. The predicted molar refractivity (Wildman–Crippen MR) is 156 cm³/mol. The number of fused-ring (bicyclic) bond motifs is 1. The lowest BCUT2D eigenvalue weighted by atomic mass is 9.69. The monoisotopic (exact) mass is 581 g/mol. The number of aromatic nitrogens is 2. The number of nitrogens with zero attached hydrogens (tertiary/aromatic N) is 1. The fraction of sp³-hybridized carbons (Fsp3) is 0.406. The van der Waals surface area contributed by atoms with Crippen LogP contribution in [0.2, 0.25) is 0 Å². The Labute approximate surface area is 242 Å². The van der Waals surface area contributed by atoms with E-state index in [0.29, 0.717) is 28.4 Å². The molecule has 2 aromatic carbocycles. The number of nitrogens with one attached hydrogen (secondary N) is 2. The van der Waals surface area contributed by atoms with E-state index in [4.69, 9.17) is 11.6 Å². The molecular formula is C32H34ClF2N3O3. The number of allylic oxidation sites excluding steroid dienone is 4. The molecule has 5 rings (SSSR count). The van der Waals surface area contributed by atoms with Crippen molar-refractivity contribution in [1.82, 2.24) is 15.3 Å². The van der Waals surface area contributed by atoms with Crippen molar-refractivity contribution >= 4 is 40.1 Å². The molecule has 41 heavy (non-hydrogen) atoms. The average Bonchev–Trinajstić information content (AvgIpc) is 3.36. The van der Waals surface area contributed by atoms with Crippen molar-refractivity contribution in [1.29, 1.82) is 0 Å².